The zero-order valence-electron chi connectivity index (χ0n) is 10.0. The third-order valence-electron chi connectivity index (χ3n) is 3.33. The molecular formula is C14H15BrN2S. The molecule has 0 atom stereocenters. The number of benzene rings is 1. The van der Waals surface area contributed by atoms with Crippen LogP contribution in [-0.2, 0) is 19.5 Å². The first-order valence-corrected chi connectivity index (χ1v) is 7.65. The summed E-state index contributed by atoms with van der Waals surface area (Å²) < 4.78 is 1.21. The molecule has 18 heavy (non-hydrogen) atoms. The summed E-state index contributed by atoms with van der Waals surface area (Å²) in [5.41, 5.74) is 9.57. The highest BCUT2D eigenvalue weighted by Crippen LogP contribution is 2.26. The fourth-order valence-corrected chi connectivity index (χ4v) is 3.95. The maximum Gasteiger partial charge on any atom is 0.0701 e. The highest BCUT2D eigenvalue weighted by atomic mass is 79.9. The summed E-state index contributed by atoms with van der Waals surface area (Å²) in [6.45, 7) is 3.17. The van der Waals surface area contributed by atoms with Crippen LogP contribution in [0, 0.1) is 0 Å². The average molecular weight is 323 g/mol. The molecule has 0 fully saturated rings. The SMILES string of the molecule is Nc1ccc2c(c1)CN(Cc1ccc(Br)s1)CC2. The average Bonchev–Trinajstić information content (AvgIpc) is 2.74. The van der Waals surface area contributed by atoms with E-state index >= 15 is 0 Å². The fraction of sp³-hybridized carbons (Fsp3) is 0.286. The number of nitrogen functional groups attached to an aromatic ring is 1. The molecule has 94 valence electrons. The zero-order chi connectivity index (χ0) is 12.5. The number of nitrogens with zero attached hydrogens (tertiary/aromatic N) is 1. The summed E-state index contributed by atoms with van der Waals surface area (Å²) in [5, 5.41) is 0. The van der Waals surface area contributed by atoms with Gasteiger partial charge in [0.1, 0.15) is 0 Å². The fourth-order valence-electron chi connectivity index (χ4n) is 2.43. The second-order valence-corrected chi connectivity index (χ2v) is 7.24. The Kier molecular flexibility index (Phi) is 3.41. The van der Waals surface area contributed by atoms with Gasteiger partial charge < -0.3 is 5.73 Å². The minimum Gasteiger partial charge on any atom is -0.399 e. The molecule has 0 saturated heterocycles. The lowest BCUT2D eigenvalue weighted by Crippen LogP contribution is -2.29. The lowest BCUT2D eigenvalue weighted by Gasteiger charge is -2.28. The van der Waals surface area contributed by atoms with Crippen LogP contribution >= 0.6 is 27.3 Å². The summed E-state index contributed by atoms with van der Waals surface area (Å²) in [4.78, 5) is 3.90. The van der Waals surface area contributed by atoms with E-state index in [9.17, 15) is 0 Å². The molecule has 1 aromatic heterocycles. The van der Waals surface area contributed by atoms with Crippen LogP contribution in [0.3, 0.4) is 0 Å². The first kappa shape index (κ1) is 12.2. The summed E-state index contributed by atoms with van der Waals surface area (Å²) in [5.74, 6) is 0. The minimum absolute atomic E-state index is 0.870. The molecule has 0 unspecified atom stereocenters. The van der Waals surface area contributed by atoms with E-state index in [-0.39, 0.29) is 0 Å². The lowest BCUT2D eigenvalue weighted by atomic mass is 9.99. The van der Waals surface area contributed by atoms with Crippen LogP contribution in [0.15, 0.2) is 34.1 Å². The second-order valence-electron chi connectivity index (χ2n) is 4.69. The maximum absolute atomic E-state index is 5.86. The minimum atomic E-state index is 0.870. The van der Waals surface area contributed by atoms with Crippen molar-refractivity contribution in [2.24, 2.45) is 0 Å². The summed E-state index contributed by atoms with van der Waals surface area (Å²) in [6, 6.07) is 10.6. The van der Waals surface area contributed by atoms with Crippen LogP contribution in [0.25, 0.3) is 0 Å². The predicted octanol–water partition coefficient (Wildman–Crippen LogP) is 3.65. The normalized spacial score (nSPS) is 15.6. The number of hydrogen-bond acceptors (Lipinski definition) is 3. The van der Waals surface area contributed by atoms with E-state index in [1.165, 1.54) is 19.8 Å². The van der Waals surface area contributed by atoms with Gasteiger partial charge in [-0.1, -0.05) is 6.07 Å². The molecule has 0 bridgehead atoms. The molecule has 1 aromatic carbocycles. The highest BCUT2D eigenvalue weighted by molar-refractivity contribution is 9.11. The smallest absolute Gasteiger partial charge is 0.0701 e. The third-order valence-corrected chi connectivity index (χ3v) is 4.94. The van der Waals surface area contributed by atoms with Gasteiger partial charge in [-0.05, 0) is 57.7 Å². The molecule has 2 aromatic rings. The number of thiophene rings is 1. The Morgan fingerprint density at radius 2 is 2.11 bits per heavy atom. The second kappa shape index (κ2) is 5.03. The Balaban J connectivity index is 1.74. The van der Waals surface area contributed by atoms with Crippen molar-refractivity contribution in [3.05, 3.63) is 50.1 Å². The molecule has 3 rings (SSSR count). The molecule has 2 nitrogen and oxygen atoms in total. The molecule has 0 spiro atoms. The van der Waals surface area contributed by atoms with Gasteiger partial charge in [-0.25, -0.2) is 0 Å². The van der Waals surface area contributed by atoms with Crippen molar-refractivity contribution in [2.45, 2.75) is 19.5 Å². The Bertz CT molecular complexity index is 565. The topological polar surface area (TPSA) is 29.3 Å². The predicted molar refractivity (Wildman–Crippen MR) is 80.7 cm³/mol. The molecule has 4 heteroatoms. The molecular weight excluding hydrogens is 308 g/mol. The molecule has 2 heterocycles. The van der Waals surface area contributed by atoms with Gasteiger partial charge in [0, 0.05) is 30.2 Å². The Morgan fingerprint density at radius 1 is 1.22 bits per heavy atom. The Hall–Kier alpha value is -0.840. The van der Waals surface area contributed by atoms with E-state index in [0.29, 0.717) is 0 Å². The van der Waals surface area contributed by atoms with Crippen molar-refractivity contribution in [1.82, 2.24) is 4.90 Å². The van der Waals surface area contributed by atoms with Gasteiger partial charge in [-0.3, -0.25) is 4.90 Å². The lowest BCUT2D eigenvalue weighted by molar-refractivity contribution is 0.248. The molecule has 0 aliphatic carbocycles. The van der Waals surface area contributed by atoms with Crippen molar-refractivity contribution < 1.29 is 0 Å². The van der Waals surface area contributed by atoms with E-state index in [4.69, 9.17) is 5.73 Å². The van der Waals surface area contributed by atoms with Crippen LogP contribution in [0.1, 0.15) is 16.0 Å². The van der Waals surface area contributed by atoms with Crippen LogP contribution in [0.5, 0.6) is 0 Å². The summed E-state index contributed by atoms with van der Waals surface area (Å²) >= 11 is 5.33. The van der Waals surface area contributed by atoms with E-state index < -0.39 is 0 Å². The van der Waals surface area contributed by atoms with Gasteiger partial charge in [0.25, 0.3) is 0 Å². The van der Waals surface area contributed by atoms with Gasteiger partial charge in [0.05, 0.1) is 3.79 Å². The van der Waals surface area contributed by atoms with Crippen molar-refractivity contribution in [1.29, 1.82) is 0 Å². The largest absolute Gasteiger partial charge is 0.399 e. The number of nitrogens with two attached hydrogens (primary N) is 1. The quantitative estimate of drug-likeness (QED) is 0.855. The molecule has 2 N–H and O–H groups in total. The Morgan fingerprint density at radius 3 is 2.89 bits per heavy atom. The standard InChI is InChI=1S/C14H15BrN2S/c15-14-4-3-13(18-14)9-17-6-5-10-1-2-12(16)7-11(10)8-17/h1-4,7H,5-6,8-9,16H2. The van der Waals surface area contributed by atoms with E-state index in [1.807, 2.05) is 17.4 Å². The highest BCUT2D eigenvalue weighted by Gasteiger charge is 2.16. The van der Waals surface area contributed by atoms with Crippen molar-refractivity contribution in [3.63, 3.8) is 0 Å². The van der Waals surface area contributed by atoms with Gasteiger partial charge in [-0.2, -0.15) is 0 Å². The number of rotatable bonds is 2. The van der Waals surface area contributed by atoms with E-state index in [0.717, 1.165) is 31.7 Å². The monoisotopic (exact) mass is 322 g/mol. The number of halogens is 1. The number of anilines is 1. The van der Waals surface area contributed by atoms with E-state index in [1.54, 1.807) is 0 Å². The summed E-state index contributed by atoms with van der Waals surface area (Å²) in [7, 11) is 0. The first-order valence-electron chi connectivity index (χ1n) is 6.04. The van der Waals surface area contributed by atoms with Crippen LogP contribution in [-0.4, -0.2) is 11.4 Å². The van der Waals surface area contributed by atoms with Gasteiger partial charge in [0.15, 0.2) is 0 Å². The van der Waals surface area contributed by atoms with Crippen molar-refractivity contribution in [3.8, 4) is 0 Å². The van der Waals surface area contributed by atoms with Crippen molar-refractivity contribution in [2.75, 3.05) is 12.3 Å². The summed E-state index contributed by atoms with van der Waals surface area (Å²) in [6.07, 6.45) is 1.13. The Labute approximate surface area is 120 Å². The molecule has 1 aliphatic heterocycles. The van der Waals surface area contributed by atoms with Gasteiger partial charge in [-0.15, -0.1) is 11.3 Å². The van der Waals surface area contributed by atoms with Gasteiger partial charge in [0.2, 0.25) is 0 Å². The molecule has 1 aliphatic rings. The van der Waals surface area contributed by atoms with Crippen molar-refractivity contribution >= 4 is 33.0 Å². The van der Waals surface area contributed by atoms with E-state index in [2.05, 4.69) is 45.1 Å². The third kappa shape index (κ3) is 2.60. The number of fused-ring (bicyclic) bond motifs is 1. The maximum atomic E-state index is 5.86. The van der Waals surface area contributed by atoms with Crippen LogP contribution in [0.2, 0.25) is 0 Å². The van der Waals surface area contributed by atoms with Crippen LogP contribution in [0.4, 0.5) is 5.69 Å². The zero-order valence-corrected chi connectivity index (χ0v) is 12.4. The van der Waals surface area contributed by atoms with Gasteiger partial charge >= 0.3 is 0 Å². The molecule has 0 saturated carbocycles. The first-order chi connectivity index (χ1) is 8.70. The molecule has 0 amide bonds. The van der Waals surface area contributed by atoms with Crippen LogP contribution < -0.4 is 5.73 Å². The molecule has 0 radical (unpaired) electrons. The number of hydrogen-bond donors (Lipinski definition) is 1.